The van der Waals surface area contributed by atoms with E-state index in [2.05, 4.69) is 20.4 Å². The first-order valence-corrected chi connectivity index (χ1v) is 10.9. The molecule has 1 atom stereocenters. The molecule has 0 spiro atoms. The molecular formula is C23H24N6O4. The first kappa shape index (κ1) is 20.9. The summed E-state index contributed by atoms with van der Waals surface area (Å²) < 4.78 is 6.60. The number of anilines is 2. The lowest BCUT2D eigenvalue weighted by atomic mass is 10.1. The molecule has 1 saturated heterocycles. The van der Waals surface area contributed by atoms with E-state index in [9.17, 15) is 14.4 Å². The number of amides is 2. The number of aromatic nitrogens is 4. The van der Waals surface area contributed by atoms with Crippen LogP contribution in [-0.2, 0) is 22.4 Å². The van der Waals surface area contributed by atoms with E-state index in [1.165, 1.54) is 4.68 Å². The number of nitrogens with one attached hydrogen (secondary N) is 2. The minimum atomic E-state index is -0.518. The molecule has 1 fully saturated rings. The van der Waals surface area contributed by atoms with Crippen LogP contribution >= 0.6 is 0 Å². The fourth-order valence-corrected chi connectivity index (χ4v) is 4.40. The number of hydrogen-bond donors (Lipinski definition) is 2. The number of aromatic amines is 1. The number of ether oxygens (including phenoxy) is 1. The van der Waals surface area contributed by atoms with Crippen molar-refractivity contribution in [3.63, 3.8) is 0 Å². The van der Waals surface area contributed by atoms with Crippen LogP contribution in [0.1, 0.15) is 29.8 Å². The third-order valence-electron chi connectivity index (χ3n) is 6.09. The Balaban J connectivity index is 1.35. The fraction of sp³-hybridized carbons (Fsp3) is 0.348. The molecule has 1 aliphatic heterocycles. The maximum atomic E-state index is 13.0. The molecule has 5 rings (SSSR count). The normalized spacial score (nSPS) is 17.3. The highest BCUT2D eigenvalue weighted by molar-refractivity contribution is 6.03. The van der Waals surface area contributed by atoms with Crippen molar-refractivity contribution in [1.82, 2.24) is 19.7 Å². The summed E-state index contributed by atoms with van der Waals surface area (Å²) in [5.74, 6) is 0.441. The summed E-state index contributed by atoms with van der Waals surface area (Å²) in [6.45, 7) is 2.07. The monoisotopic (exact) mass is 448 g/mol. The lowest BCUT2D eigenvalue weighted by molar-refractivity contribution is -0.122. The van der Waals surface area contributed by atoms with E-state index in [0.29, 0.717) is 17.3 Å². The van der Waals surface area contributed by atoms with Crippen LogP contribution in [0.5, 0.6) is 5.75 Å². The van der Waals surface area contributed by atoms with E-state index in [1.54, 1.807) is 49.3 Å². The van der Waals surface area contributed by atoms with Gasteiger partial charge in [-0.1, -0.05) is 0 Å². The van der Waals surface area contributed by atoms with Crippen LogP contribution in [0, 0.1) is 12.8 Å². The number of rotatable bonds is 5. The summed E-state index contributed by atoms with van der Waals surface area (Å²) in [5, 5.41) is 7.27. The number of hydrogen-bond acceptors (Lipinski definition) is 6. The number of benzene rings is 1. The molecule has 33 heavy (non-hydrogen) atoms. The van der Waals surface area contributed by atoms with Crippen LogP contribution in [0.2, 0.25) is 0 Å². The minimum Gasteiger partial charge on any atom is -0.497 e. The second-order valence-corrected chi connectivity index (χ2v) is 8.34. The summed E-state index contributed by atoms with van der Waals surface area (Å²) in [7, 11) is 1.58. The summed E-state index contributed by atoms with van der Waals surface area (Å²) in [6.07, 6.45) is 2.48. The van der Waals surface area contributed by atoms with Gasteiger partial charge in [0.25, 0.3) is 5.56 Å². The van der Waals surface area contributed by atoms with E-state index >= 15 is 0 Å². The number of carbonyl (C=O) groups is 2. The predicted octanol–water partition coefficient (Wildman–Crippen LogP) is 1.75. The standard InChI is InChI=1S/C23H24N6O4/c1-13-10-19(29(27-13)23-24-18-5-3-4-17(18)22(32)26-23)25-21(31)14-11-20(30)28(12-14)15-6-8-16(33-2)9-7-15/h6-10,14H,3-5,11-12H2,1-2H3,(H,25,31)(H,24,26,32)/t14-/m0/s1. The molecule has 10 heteroatoms. The van der Waals surface area contributed by atoms with Gasteiger partial charge in [-0.15, -0.1) is 0 Å². The molecule has 170 valence electrons. The molecule has 2 amide bonds. The molecule has 3 aromatic rings. The third-order valence-corrected chi connectivity index (χ3v) is 6.09. The summed E-state index contributed by atoms with van der Waals surface area (Å²) >= 11 is 0. The molecule has 3 heterocycles. The number of aryl methyl sites for hydroxylation is 2. The molecule has 0 saturated carbocycles. The Morgan fingerprint density at radius 2 is 2.00 bits per heavy atom. The summed E-state index contributed by atoms with van der Waals surface area (Å²) in [5.41, 5.74) is 2.70. The van der Waals surface area contributed by atoms with Gasteiger partial charge >= 0.3 is 0 Å². The fourth-order valence-electron chi connectivity index (χ4n) is 4.40. The van der Waals surface area contributed by atoms with Gasteiger partial charge in [-0.3, -0.25) is 19.4 Å². The van der Waals surface area contributed by atoms with Crippen LogP contribution < -0.4 is 20.5 Å². The molecule has 2 aliphatic rings. The molecule has 2 N–H and O–H groups in total. The zero-order valence-corrected chi connectivity index (χ0v) is 18.4. The molecular weight excluding hydrogens is 424 g/mol. The highest BCUT2D eigenvalue weighted by Gasteiger charge is 2.35. The SMILES string of the molecule is COc1ccc(N2C[C@@H](C(=O)Nc3cc(C)nn3-c3nc4c(c(=O)[nH]3)CCC4)CC2=O)cc1. The maximum absolute atomic E-state index is 13.0. The molecule has 10 nitrogen and oxygen atoms in total. The van der Waals surface area contributed by atoms with Gasteiger partial charge in [0.05, 0.1) is 24.4 Å². The molecule has 2 aromatic heterocycles. The summed E-state index contributed by atoms with van der Waals surface area (Å²) in [4.78, 5) is 47.0. The van der Waals surface area contributed by atoms with Crippen molar-refractivity contribution in [3.8, 4) is 11.7 Å². The number of H-pyrrole nitrogens is 1. The number of carbonyl (C=O) groups excluding carboxylic acids is 2. The highest BCUT2D eigenvalue weighted by atomic mass is 16.5. The Morgan fingerprint density at radius 3 is 2.76 bits per heavy atom. The van der Waals surface area contributed by atoms with Crippen LogP contribution in [0.4, 0.5) is 11.5 Å². The Kier molecular flexibility index (Phi) is 5.20. The number of nitrogens with zero attached hydrogens (tertiary/aromatic N) is 4. The van der Waals surface area contributed by atoms with Crippen LogP contribution in [0.15, 0.2) is 35.1 Å². The van der Waals surface area contributed by atoms with Crippen molar-refractivity contribution in [2.45, 2.75) is 32.6 Å². The van der Waals surface area contributed by atoms with Crippen LogP contribution in [0.25, 0.3) is 5.95 Å². The highest BCUT2D eigenvalue weighted by Crippen LogP contribution is 2.28. The second kappa shape index (κ2) is 8.19. The average Bonchev–Trinajstić information content (AvgIpc) is 3.52. The van der Waals surface area contributed by atoms with Gasteiger partial charge in [-0.05, 0) is 50.5 Å². The quantitative estimate of drug-likeness (QED) is 0.613. The molecule has 0 bridgehead atoms. The van der Waals surface area contributed by atoms with E-state index in [1.807, 2.05) is 0 Å². The Hall–Kier alpha value is -3.95. The predicted molar refractivity (Wildman–Crippen MR) is 121 cm³/mol. The second-order valence-electron chi connectivity index (χ2n) is 8.34. The zero-order valence-electron chi connectivity index (χ0n) is 18.4. The topological polar surface area (TPSA) is 122 Å². The average molecular weight is 448 g/mol. The lowest BCUT2D eigenvalue weighted by Crippen LogP contribution is -2.29. The number of methoxy groups -OCH3 is 1. The maximum Gasteiger partial charge on any atom is 0.255 e. The first-order chi connectivity index (χ1) is 15.9. The first-order valence-electron chi connectivity index (χ1n) is 10.9. The van der Waals surface area contributed by atoms with Gasteiger partial charge < -0.3 is 15.0 Å². The zero-order chi connectivity index (χ0) is 23.1. The smallest absolute Gasteiger partial charge is 0.255 e. The number of fused-ring (bicyclic) bond motifs is 1. The van der Waals surface area contributed by atoms with Gasteiger partial charge in [0.15, 0.2) is 0 Å². The van der Waals surface area contributed by atoms with Crippen LogP contribution in [-0.4, -0.2) is 45.2 Å². The van der Waals surface area contributed by atoms with Crippen molar-refractivity contribution < 1.29 is 14.3 Å². The van der Waals surface area contributed by atoms with E-state index in [0.717, 1.165) is 36.2 Å². The minimum absolute atomic E-state index is 0.110. The van der Waals surface area contributed by atoms with Crippen molar-refractivity contribution in [2.24, 2.45) is 5.92 Å². The summed E-state index contributed by atoms with van der Waals surface area (Å²) in [6, 6.07) is 8.86. The van der Waals surface area contributed by atoms with E-state index in [-0.39, 0.29) is 36.3 Å². The van der Waals surface area contributed by atoms with Crippen molar-refractivity contribution in [2.75, 3.05) is 23.9 Å². The molecule has 1 aliphatic carbocycles. The Labute approximate surface area is 189 Å². The van der Waals surface area contributed by atoms with Crippen molar-refractivity contribution in [3.05, 3.63) is 57.6 Å². The molecule has 0 radical (unpaired) electrons. The van der Waals surface area contributed by atoms with Gasteiger partial charge in [-0.2, -0.15) is 9.78 Å². The largest absolute Gasteiger partial charge is 0.497 e. The van der Waals surface area contributed by atoms with Gasteiger partial charge in [-0.25, -0.2) is 4.98 Å². The van der Waals surface area contributed by atoms with Gasteiger partial charge in [0, 0.05) is 30.3 Å². The van der Waals surface area contributed by atoms with Crippen molar-refractivity contribution >= 4 is 23.3 Å². The van der Waals surface area contributed by atoms with E-state index in [4.69, 9.17) is 4.74 Å². The van der Waals surface area contributed by atoms with Gasteiger partial charge in [0.2, 0.25) is 17.8 Å². The Bertz CT molecular complexity index is 1290. The van der Waals surface area contributed by atoms with E-state index < -0.39 is 5.92 Å². The lowest BCUT2D eigenvalue weighted by Gasteiger charge is -2.17. The van der Waals surface area contributed by atoms with Crippen LogP contribution in [0.3, 0.4) is 0 Å². The Morgan fingerprint density at radius 1 is 1.21 bits per heavy atom. The molecule has 1 aromatic carbocycles. The third kappa shape index (κ3) is 3.88. The van der Waals surface area contributed by atoms with Gasteiger partial charge in [0.1, 0.15) is 11.6 Å². The molecule has 0 unspecified atom stereocenters. The van der Waals surface area contributed by atoms with Crippen molar-refractivity contribution in [1.29, 1.82) is 0 Å².